The van der Waals surface area contributed by atoms with Gasteiger partial charge in [-0.15, -0.1) is 0 Å². The molecule has 0 radical (unpaired) electrons. The summed E-state index contributed by atoms with van der Waals surface area (Å²) in [5, 5.41) is 30.1. The molecule has 0 aliphatic heterocycles. The van der Waals surface area contributed by atoms with Gasteiger partial charge in [-0.3, -0.25) is 20.0 Å². The largest absolute Gasteiger partial charge is 0.508 e. The number of phenols is 1. The smallest absolute Gasteiger partial charge is 0.291 e. The first-order valence-electron chi connectivity index (χ1n) is 5.80. The number of hydrogen-bond acceptors (Lipinski definition) is 6. The van der Waals surface area contributed by atoms with Crippen LogP contribution in [0.1, 0.15) is 21.7 Å². The second-order valence-corrected chi connectivity index (χ2v) is 4.14. The van der Waals surface area contributed by atoms with Crippen molar-refractivity contribution in [3.63, 3.8) is 0 Å². The number of aryl methyl sites for hydroxylation is 1. The van der Waals surface area contributed by atoms with E-state index in [-0.39, 0.29) is 22.7 Å². The number of H-pyrrole nitrogens is 1. The Balaban J connectivity index is 2.13. The molecular formula is C12H11N5O4. The minimum Gasteiger partial charge on any atom is -0.508 e. The lowest BCUT2D eigenvalue weighted by Crippen LogP contribution is -2.18. The third-order valence-electron chi connectivity index (χ3n) is 2.52. The number of nitrogens with one attached hydrogen (secondary N) is 2. The minimum atomic E-state index is -0.611. The molecule has 0 saturated carbocycles. The highest BCUT2D eigenvalue weighted by Gasteiger charge is 2.13. The van der Waals surface area contributed by atoms with Gasteiger partial charge in [-0.2, -0.15) is 10.2 Å². The van der Waals surface area contributed by atoms with Crippen molar-refractivity contribution in [1.29, 1.82) is 0 Å². The maximum Gasteiger partial charge on any atom is 0.291 e. The molecule has 0 atom stereocenters. The SMILES string of the molecule is Cc1cc(C(=O)N/N=C\c2cc(O)ccc2[N+](=O)[O-])n[nH]1. The Morgan fingerprint density at radius 2 is 2.29 bits per heavy atom. The normalized spacial score (nSPS) is 10.7. The molecule has 0 bridgehead atoms. The quantitative estimate of drug-likeness (QED) is 0.440. The molecule has 9 nitrogen and oxygen atoms in total. The number of carbonyl (C=O) groups excluding carboxylic acids is 1. The molecule has 0 aliphatic rings. The van der Waals surface area contributed by atoms with E-state index in [2.05, 4.69) is 20.7 Å². The molecule has 108 valence electrons. The molecule has 1 aromatic heterocycles. The zero-order valence-corrected chi connectivity index (χ0v) is 10.9. The number of phenolic OH excluding ortho intramolecular Hbond substituents is 1. The number of aromatic hydroxyl groups is 1. The van der Waals surface area contributed by atoms with Gasteiger partial charge in [0.15, 0.2) is 5.69 Å². The Morgan fingerprint density at radius 1 is 1.52 bits per heavy atom. The van der Waals surface area contributed by atoms with E-state index in [0.29, 0.717) is 5.69 Å². The highest BCUT2D eigenvalue weighted by molar-refractivity contribution is 5.93. The van der Waals surface area contributed by atoms with E-state index in [1.54, 1.807) is 6.92 Å². The van der Waals surface area contributed by atoms with Gasteiger partial charge in [-0.05, 0) is 25.1 Å². The monoisotopic (exact) mass is 289 g/mol. The third kappa shape index (κ3) is 3.41. The van der Waals surface area contributed by atoms with Crippen LogP contribution < -0.4 is 5.43 Å². The van der Waals surface area contributed by atoms with Gasteiger partial charge in [0.25, 0.3) is 11.6 Å². The average Bonchev–Trinajstić information content (AvgIpc) is 2.85. The number of amides is 1. The van der Waals surface area contributed by atoms with Crippen LogP contribution in [0.4, 0.5) is 5.69 Å². The van der Waals surface area contributed by atoms with Gasteiger partial charge < -0.3 is 5.11 Å². The van der Waals surface area contributed by atoms with E-state index >= 15 is 0 Å². The first-order valence-corrected chi connectivity index (χ1v) is 5.80. The van der Waals surface area contributed by atoms with E-state index in [1.165, 1.54) is 18.2 Å². The van der Waals surface area contributed by atoms with Crippen molar-refractivity contribution in [3.05, 3.63) is 51.3 Å². The number of nitro groups is 1. The van der Waals surface area contributed by atoms with Crippen LogP contribution in [0.5, 0.6) is 5.75 Å². The van der Waals surface area contributed by atoms with Crippen LogP contribution in [0.15, 0.2) is 29.4 Å². The van der Waals surface area contributed by atoms with Gasteiger partial charge in [-0.25, -0.2) is 5.43 Å². The second kappa shape index (κ2) is 5.82. The second-order valence-electron chi connectivity index (χ2n) is 4.14. The summed E-state index contributed by atoms with van der Waals surface area (Å²) in [6.07, 6.45) is 1.08. The summed E-state index contributed by atoms with van der Waals surface area (Å²) in [6, 6.07) is 5.05. The number of aromatic amines is 1. The molecule has 9 heteroatoms. The molecule has 0 unspecified atom stereocenters. The Labute approximate surface area is 118 Å². The maximum absolute atomic E-state index is 11.6. The number of hydrazone groups is 1. The van der Waals surface area contributed by atoms with Crippen LogP contribution in [-0.4, -0.2) is 32.3 Å². The van der Waals surface area contributed by atoms with Crippen molar-refractivity contribution >= 4 is 17.8 Å². The number of carbonyl (C=O) groups is 1. The van der Waals surface area contributed by atoms with E-state index < -0.39 is 10.8 Å². The number of aromatic nitrogens is 2. The lowest BCUT2D eigenvalue weighted by Gasteiger charge is -1.98. The Kier molecular flexibility index (Phi) is 3.93. The molecule has 0 fully saturated rings. The molecule has 1 amide bonds. The Bertz CT molecular complexity index is 722. The molecule has 0 aliphatic carbocycles. The van der Waals surface area contributed by atoms with Crippen LogP contribution >= 0.6 is 0 Å². The van der Waals surface area contributed by atoms with Gasteiger partial charge in [0.1, 0.15) is 5.75 Å². The number of rotatable bonds is 4. The fourth-order valence-electron chi connectivity index (χ4n) is 1.56. The van der Waals surface area contributed by atoms with Crippen LogP contribution in [0.25, 0.3) is 0 Å². The third-order valence-corrected chi connectivity index (χ3v) is 2.52. The predicted molar refractivity (Wildman–Crippen MR) is 73.1 cm³/mol. The van der Waals surface area contributed by atoms with Gasteiger partial charge in [0.2, 0.25) is 0 Å². The molecule has 2 rings (SSSR count). The predicted octanol–water partition coefficient (Wildman–Crippen LogP) is 1.10. The topological polar surface area (TPSA) is 134 Å². The van der Waals surface area contributed by atoms with Gasteiger partial charge in [0, 0.05) is 11.8 Å². The van der Waals surface area contributed by atoms with Crippen LogP contribution in [0.2, 0.25) is 0 Å². The first kappa shape index (κ1) is 14.2. The zero-order chi connectivity index (χ0) is 15.4. The van der Waals surface area contributed by atoms with Crippen molar-refractivity contribution in [2.75, 3.05) is 0 Å². The summed E-state index contributed by atoms with van der Waals surface area (Å²) < 4.78 is 0. The van der Waals surface area contributed by atoms with E-state index in [4.69, 9.17) is 0 Å². The summed E-state index contributed by atoms with van der Waals surface area (Å²) in [7, 11) is 0. The fourth-order valence-corrected chi connectivity index (χ4v) is 1.56. The fraction of sp³-hybridized carbons (Fsp3) is 0.0833. The van der Waals surface area contributed by atoms with Crippen molar-refractivity contribution in [1.82, 2.24) is 15.6 Å². The summed E-state index contributed by atoms with van der Waals surface area (Å²) in [6.45, 7) is 1.74. The van der Waals surface area contributed by atoms with Gasteiger partial charge >= 0.3 is 0 Å². The van der Waals surface area contributed by atoms with Crippen molar-refractivity contribution in [2.45, 2.75) is 6.92 Å². The summed E-state index contributed by atoms with van der Waals surface area (Å²) >= 11 is 0. The van der Waals surface area contributed by atoms with Crippen molar-refractivity contribution in [3.8, 4) is 5.75 Å². The molecular weight excluding hydrogens is 278 g/mol. The van der Waals surface area contributed by atoms with Crippen LogP contribution in [-0.2, 0) is 0 Å². The number of benzene rings is 1. The molecule has 0 saturated heterocycles. The molecule has 3 N–H and O–H groups in total. The first-order chi connectivity index (χ1) is 9.97. The lowest BCUT2D eigenvalue weighted by atomic mass is 10.2. The molecule has 1 aromatic carbocycles. The highest BCUT2D eigenvalue weighted by atomic mass is 16.6. The van der Waals surface area contributed by atoms with E-state index in [1.807, 2.05) is 0 Å². The Morgan fingerprint density at radius 3 is 2.90 bits per heavy atom. The van der Waals surface area contributed by atoms with Crippen molar-refractivity contribution in [2.24, 2.45) is 5.10 Å². The molecule has 2 aromatic rings. The number of nitro benzene ring substituents is 1. The number of hydrogen-bond donors (Lipinski definition) is 3. The highest BCUT2D eigenvalue weighted by Crippen LogP contribution is 2.21. The van der Waals surface area contributed by atoms with E-state index in [0.717, 1.165) is 12.3 Å². The summed E-state index contributed by atoms with van der Waals surface area (Å²) in [4.78, 5) is 21.8. The van der Waals surface area contributed by atoms with Crippen LogP contribution in [0, 0.1) is 17.0 Å². The van der Waals surface area contributed by atoms with Gasteiger partial charge in [-0.1, -0.05) is 0 Å². The van der Waals surface area contributed by atoms with Crippen molar-refractivity contribution < 1.29 is 14.8 Å². The average molecular weight is 289 g/mol. The standard InChI is InChI=1S/C12H11N5O4/c1-7-4-10(15-14-7)12(19)16-13-6-8-5-9(18)2-3-11(8)17(20)21/h2-6,18H,1H3,(H,14,15)(H,16,19)/b13-6-. The molecule has 0 spiro atoms. The molecule has 1 heterocycles. The lowest BCUT2D eigenvalue weighted by molar-refractivity contribution is -0.385. The summed E-state index contributed by atoms with van der Waals surface area (Å²) in [5.74, 6) is -0.699. The van der Waals surface area contributed by atoms with E-state index in [9.17, 15) is 20.0 Å². The van der Waals surface area contributed by atoms with Crippen LogP contribution in [0.3, 0.4) is 0 Å². The minimum absolute atomic E-state index is 0.0681. The summed E-state index contributed by atoms with van der Waals surface area (Å²) in [5.41, 5.74) is 2.89. The van der Waals surface area contributed by atoms with Gasteiger partial charge in [0.05, 0.1) is 16.7 Å². The Hall–Kier alpha value is -3.23. The number of nitrogens with zero attached hydrogens (tertiary/aromatic N) is 3. The maximum atomic E-state index is 11.6. The zero-order valence-electron chi connectivity index (χ0n) is 10.9. The molecule has 21 heavy (non-hydrogen) atoms.